The minimum Gasteiger partial charge on any atom is -0.493 e. The standard InChI is InChI=1S/C16H22ClNO2.ClH/c1-3-8-20-16-14(17)9-12(10-15(16)19-2)11-18-13-6-4-5-7-13;/h3,9-10,13,18H,1,4-8,11H2,2H3;1H. The van der Waals surface area contributed by atoms with Gasteiger partial charge in [-0.25, -0.2) is 0 Å². The number of rotatable bonds is 7. The van der Waals surface area contributed by atoms with Crippen LogP contribution in [-0.2, 0) is 6.54 Å². The lowest BCUT2D eigenvalue weighted by Gasteiger charge is -2.15. The van der Waals surface area contributed by atoms with E-state index in [1.165, 1.54) is 25.7 Å². The smallest absolute Gasteiger partial charge is 0.180 e. The summed E-state index contributed by atoms with van der Waals surface area (Å²) in [5.41, 5.74) is 1.12. The molecule has 0 aliphatic heterocycles. The van der Waals surface area contributed by atoms with E-state index in [1.54, 1.807) is 13.2 Å². The number of benzene rings is 1. The zero-order valence-electron chi connectivity index (χ0n) is 12.4. The third kappa shape index (κ3) is 5.10. The van der Waals surface area contributed by atoms with Gasteiger partial charge in [0.2, 0.25) is 0 Å². The molecule has 1 N–H and O–H groups in total. The number of hydrogen-bond donors (Lipinski definition) is 1. The predicted molar refractivity (Wildman–Crippen MR) is 90.0 cm³/mol. The normalized spacial score (nSPS) is 14.6. The molecule has 0 aromatic heterocycles. The summed E-state index contributed by atoms with van der Waals surface area (Å²) in [5, 5.41) is 4.15. The van der Waals surface area contributed by atoms with Gasteiger partial charge in [0, 0.05) is 12.6 Å². The summed E-state index contributed by atoms with van der Waals surface area (Å²) in [7, 11) is 1.63. The van der Waals surface area contributed by atoms with Crippen molar-refractivity contribution in [2.75, 3.05) is 13.7 Å². The van der Waals surface area contributed by atoms with Crippen molar-refractivity contribution >= 4 is 24.0 Å². The fourth-order valence-corrected chi connectivity index (χ4v) is 2.84. The van der Waals surface area contributed by atoms with Crippen molar-refractivity contribution in [3.8, 4) is 11.5 Å². The number of halogens is 2. The Hall–Kier alpha value is -0.900. The Kier molecular flexibility index (Phi) is 7.94. The zero-order chi connectivity index (χ0) is 14.4. The monoisotopic (exact) mass is 331 g/mol. The van der Waals surface area contributed by atoms with Gasteiger partial charge in [0.05, 0.1) is 12.1 Å². The summed E-state index contributed by atoms with van der Waals surface area (Å²) < 4.78 is 10.9. The molecule has 1 fully saturated rings. The maximum Gasteiger partial charge on any atom is 0.180 e. The second-order valence-corrected chi connectivity index (χ2v) is 5.48. The minimum atomic E-state index is 0. The molecule has 0 spiro atoms. The van der Waals surface area contributed by atoms with E-state index < -0.39 is 0 Å². The fraction of sp³-hybridized carbons (Fsp3) is 0.500. The minimum absolute atomic E-state index is 0. The van der Waals surface area contributed by atoms with Crippen molar-refractivity contribution in [2.45, 2.75) is 38.3 Å². The average molecular weight is 332 g/mol. The summed E-state index contributed by atoms with van der Waals surface area (Å²) in [6.07, 6.45) is 6.88. The van der Waals surface area contributed by atoms with Crippen LogP contribution in [0.2, 0.25) is 5.02 Å². The Bertz CT molecular complexity index is 460. The Labute approximate surface area is 138 Å². The summed E-state index contributed by atoms with van der Waals surface area (Å²) in [4.78, 5) is 0. The molecule has 0 saturated heterocycles. The third-order valence-electron chi connectivity index (χ3n) is 3.58. The Morgan fingerprint density at radius 3 is 2.71 bits per heavy atom. The molecule has 5 heteroatoms. The maximum atomic E-state index is 6.28. The van der Waals surface area contributed by atoms with Crippen LogP contribution >= 0.6 is 24.0 Å². The first-order valence-corrected chi connectivity index (χ1v) is 7.46. The van der Waals surface area contributed by atoms with E-state index in [-0.39, 0.29) is 12.4 Å². The van der Waals surface area contributed by atoms with Crippen LogP contribution < -0.4 is 14.8 Å². The van der Waals surface area contributed by atoms with Gasteiger partial charge in [0.1, 0.15) is 6.61 Å². The average Bonchev–Trinajstić information content (AvgIpc) is 2.96. The Balaban J connectivity index is 0.00000220. The molecular formula is C16H23Cl2NO2. The first-order valence-electron chi connectivity index (χ1n) is 7.08. The highest BCUT2D eigenvalue weighted by Gasteiger charge is 2.15. The molecule has 0 amide bonds. The van der Waals surface area contributed by atoms with Gasteiger partial charge in [-0.15, -0.1) is 12.4 Å². The Morgan fingerprint density at radius 2 is 2.10 bits per heavy atom. The molecule has 3 nitrogen and oxygen atoms in total. The SMILES string of the molecule is C=CCOc1c(Cl)cc(CNC2CCCC2)cc1OC.Cl. The van der Waals surface area contributed by atoms with Crippen molar-refractivity contribution < 1.29 is 9.47 Å². The first-order chi connectivity index (χ1) is 9.74. The summed E-state index contributed by atoms with van der Waals surface area (Å²) >= 11 is 6.28. The van der Waals surface area contributed by atoms with Crippen LogP contribution in [0, 0.1) is 0 Å². The highest BCUT2D eigenvalue weighted by Crippen LogP contribution is 2.36. The van der Waals surface area contributed by atoms with Crippen LogP contribution in [0.25, 0.3) is 0 Å². The second kappa shape index (κ2) is 9.19. The van der Waals surface area contributed by atoms with Gasteiger partial charge in [-0.2, -0.15) is 0 Å². The van der Waals surface area contributed by atoms with Gasteiger partial charge < -0.3 is 14.8 Å². The van der Waals surface area contributed by atoms with Gasteiger partial charge in [-0.1, -0.05) is 37.1 Å². The molecule has 0 unspecified atom stereocenters. The van der Waals surface area contributed by atoms with Crippen molar-refractivity contribution in [2.24, 2.45) is 0 Å². The van der Waals surface area contributed by atoms with Crippen molar-refractivity contribution in [1.29, 1.82) is 0 Å². The molecule has 1 saturated carbocycles. The van der Waals surface area contributed by atoms with E-state index in [0.717, 1.165) is 12.1 Å². The molecular weight excluding hydrogens is 309 g/mol. The fourth-order valence-electron chi connectivity index (χ4n) is 2.55. The first kappa shape index (κ1) is 18.1. The number of hydrogen-bond acceptors (Lipinski definition) is 3. The van der Waals surface area contributed by atoms with E-state index in [2.05, 4.69) is 11.9 Å². The molecule has 2 rings (SSSR count). The Morgan fingerprint density at radius 1 is 1.38 bits per heavy atom. The van der Waals surface area contributed by atoms with E-state index >= 15 is 0 Å². The molecule has 1 aromatic rings. The number of nitrogens with one attached hydrogen (secondary N) is 1. The van der Waals surface area contributed by atoms with E-state index in [4.69, 9.17) is 21.1 Å². The molecule has 1 aliphatic rings. The highest BCUT2D eigenvalue weighted by atomic mass is 35.5. The van der Waals surface area contributed by atoms with E-state index in [1.807, 2.05) is 12.1 Å². The van der Waals surface area contributed by atoms with Crippen molar-refractivity contribution in [3.05, 3.63) is 35.4 Å². The van der Waals surface area contributed by atoms with Gasteiger partial charge in [0.25, 0.3) is 0 Å². The van der Waals surface area contributed by atoms with Gasteiger partial charge in [-0.3, -0.25) is 0 Å². The highest BCUT2D eigenvalue weighted by molar-refractivity contribution is 6.32. The van der Waals surface area contributed by atoms with Gasteiger partial charge in [0.15, 0.2) is 11.5 Å². The van der Waals surface area contributed by atoms with Crippen molar-refractivity contribution in [1.82, 2.24) is 5.32 Å². The summed E-state index contributed by atoms with van der Waals surface area (Å²) in [6.45, 7) is 4.85. The molecule has 0 heterocycles. The number of ether oxygens (including phenoxy) is 2. The van der Waals surface area contributed by atoms with E-state index in [0.29, 0.717) is 29.2 Å². The summed E-state index contributed by atoms with van der Waals surface area (Å²) in [6, 6.07) is 4.55. The molecule has 0 radical (unpaired) electrons. The molecule has 1 aromatic carbocycles. The molecule has 0 bridgehead atoms. The lowest BCUT2D eigenvalue weighted by atomic mass is 10.1. The van der Waals surface area contributed by atoms with Crippen LogP contribution in [0.15, 0.2) is 24.8 Å². The lowest BCUT2D eigenvalue weighted by Crippen LogP contribution is -2.25. The maximum absolute atomic E-state index is 6.28. The number of methoxy groups -OCH3 is 1. The van der Waals surface area contributed by atoms with Crippen LogP contribution in [0.5, 0.6) is 11.5 Å². The molecule has 0 atom stereocenters. The zero-order valence-corrected chi connectivity index (χ0v) is 13.9. The van der Waals surface area contributed by atoms with Crippen LogP contribution in [0.1, 0.15) is 31.2 Å². The van der Waals surface area contributed by atoms with Crippen molar-refractivity contribution in [3.63, 3.8) is 0 Å². The van der Waals surface area contributed by atoms with Gasteiger partial charge >= 0.3 is 0 Å². The predicted octanol–water partition coefficient (Wildman–Crippen LogP) is 4.37. The third-order valence-corrected chi connectivity index (χ3v) is 3.87. The molecule has 21 heavy (non-hydrogen) atoms. The topological polar surface area (TPSA) is 30.5 Å². The van der Waals surface area contributed by atoms with E-state index in [9.17, 15) is 0 Å². The van der Waals surface area contributed by atoms with Gasteiger partial charge in [-0.05, 0) is 30.5 Å². The molecule has 1 aliphatic carbocycles. The largest absolute Gasteiger partial charge is 0.493 e. The summed E-state index contributed by atoms with van der Waals surface area (Å²) in [5.74, 6) is 1.25. The second-order valence-electron chi connectivity index (χ2n) is 5.07. The quantitative estimate of drug-likeness (QED) is 0.752. The van der Waals surface area contributed by atoms with Crippen LogP contribution in [0.3, 0.4) is 0 Å². The lowest BCUT2D eigenvalue weighted by molar-refractivity contribution is 0.326. The molecule has 118 valence electrons. The van der Waals surface area contributed by atoms with Crippen LogP contribution in [0.4, 0.5) is 0 Å². The van der Waals surface area contributed by atoms with Crippen LogP contribution in [-0.4, -0.2) is 19.8 Å².